The van der Waals surface area contributed by atoms with Gasteiger partial charge in [-0.15, -0.1) is 11.8 Å². The zero-order valence-corrected chi connectivity index (χ0v) is 14.3. The second kappa shape index (κ2) is 7.38. The van der Waals surface area contributed by atoms with Gasteiger partial charge >= 0.3 is 0 Å². The molecule has 5 nitrogen and oxygen atoms in total. The van der Waals surface area contributed by atoms with Gasteiger partial charge < -0.3 is 9.64 Å². The molecule has 1 heterocycles. The van der Waals surface area contributed by atoms with E-state index in [1.165, 1.54) is 36.0 Å². The molecule has 0 bridgehead atoms. The van der Waals surface area contributed by atoms with Crippen LogP contribution >= 0.6 is 23.4 Å². The van der Waals surface area contributed by atoms with Crippen molar-refractivity contribution in [1.82, 2.24) is 4.90 Å². The number of sulfone groups is 1. The van der Waals surface area contributed by atoms with E-state index in [-0.39, 0.29) is 9.80 Å². The van der Waals surface area contributed by atoms with Gasteiger partial charge in [0.2, 0.25) is 9.84 Å². The predicted octanol–water partition coefficient (Wildman–Crippen LogP) is 2.50. The molecule has 0 aliphatic carbocycles. The molecule has 2 rings (SSSR count). The van der Waals surface area contributed by atoms with Gasteiger partial charge in [-0.05, 0) is 30.5 Å². The molecule has 0 radical (unpaired) electrons. The zero-order valence-electron chi connectivity index (χ0n) is 12.0. The summed E-state index contributed by atoms with van der Waals surface area (Å²) in [5, 5.41) is 10.3. The largest absolute Gasteiger partial charge is 0.378 e. The second-order valence-electron chi connectivity index (χ2n) is 4.51. The van der Waals surface area contributed by atoms with Gasteiger partial charge in [-0.25, -0.2) is 8.42 Å². The number of ether oxygens (including phenoxy) is 1. The molecule has 0 spiro atoms. The third-order valence-corrected chi connectivity index (χ3v) is 6.13. The number of nitrogens with zero attached hydrogens (tertiary/aromatic N) is 2. The zero-order chi connectivity index (χ0) is 16.2. The van der Waals surface area contributed by atoms with Gasteiger partial charge in [-0.2, -0.15) is 5.26 Å². The van der Waals surface area contributed by atoms with Gasteiger partial charge in [0.05, 0.1) is 18.1 Å². The molecule has 0 N–H and O–H groups in total. The Hall–Kier alpha value is -1.20. The van der Waals surface area contributed by atoms with Crippen molar-refractivity contribution < 1.29 is 13.2 Å². The Labute approximate surface area is 139 Å². The van der Waals surface area contributed by atoms with Crippen LogP contribution in [0.3, 0.4) is 0 Å². The van der Waals surface area contributed by atoms with Crippen molar-refractivity contribution in [3.63, 3.8) is 0 Å². The molecule has 0 atom stereocenters. The third-order valence-electron chi connectivity index (χ3n) is 3.18. The van der Waals surface area contributed by atoms with E-state index in [1.54, 1.807) is 6.26 Å². The summed E-state index contributed by atoms with van der Waals surface area (Å²) in [4.78, 5) is 1.71. The predicted molar refractivity (Wildman–Crippen MR) is 87.2 cm³/mol. The second-order valence-corrected chi connectivity index (χ2v) is 7.62. The molecule has 0 unspecified atom stereocenters. The molecule has 1 aromatic rings. The summed E-state index contributed by atoms with van der Waals surface area (Å²) in [7, 11) is -3.87. The lowest BCUT2D eigenvalue weighted by Gasteiger charge is -2.30. The first-order valence-electron chi connectivity index (χ1n) is 6.52. The Morgan fingerprint density at radius 2 is 1.91 bits per heavy atom. The van der Waals surface area contributed by atoms with Gasteiger partial charge in [0, 0.05) is 18.1 Å². The van der Waals surface area contributed by atoms with Crippen LogP contribution in [-0.2, 0) is 14.6 Å². The molecular weight excluding hydrogens is 344 g/mol. The normalized spacial score (nSPS) is 16.9. The number of nitriles is 1. The fraction of sp³-hybridized carbons (Fsp3) is 0.357. The fourth-order valence-electron chi connectivity index (χ4n) is 2.09. The standard InChI is InChI=1S/C14H15ClN2O3S2/c1-21-14(17-6-8-20-9-7-17)13(10-16)22(18,19)12-4-2-11(15)3-5-12/h2-5H,6-9H2,1H3/b14-13-. The molecule has 22 heavy (non-hydrogen) atoms. The average molecular weight is 359 g/mol. The van der Waals surface area contributed by atoms with Crippen LogP contribution in [0, 0.1) is 11.3 Å². The summed E-state index contributed by atoms with van der Waals surface area (Å²) in [6.45, 7) is 2.17. The van der Waals surface area contributed by atoms with Crippen molar-refractivity contribution >= 4 is 33.2 Å². The van der Waals surface area contributed by atoms with Gasteiger partial charge in [0.25, 0.3) is 0 Å². The SMILES string of the molecule is CS/C(=C(/C#N)S(=O)(=O)c1ccc(Cl)cc1)N1CCOCC1. The van der Waals surface area contributed by atoms with E-state index < -0.39 is 9.84 Å². The Morgan fingerprint density at radius 1 is 1.32 bits per heavy atom. The lowest BCUT2D eigenvalue weighted by atomic mass is 10.4. The minimum absolute atomic E-state index is 0.0632. The van der Waals surface area contributed by atoms with Crippen LogP contribution in [0.4, 0.5) is 0 Å². The molecule has 0 amide bonds. The van der Waals surface area contributed by atoms with E-state index in [0.717, 1.165) is 0 Å². The Morgan fingerprint density at radius 3 is 2.41 bits per heavy atom. The van der Waals surface area contributed by atoms with Gasteiger partial charge in [-0.1, -0.05) is 11.6 Å². The number of morpholine rings is 1. The number of rotatable bonds is 4. The number of hydrogen-bond donors (Lipinski definition) is 0. The van der Waals surface area contributed by atoms with E-state index in [0.29, 0.717) is 36.4 Å². The Kier molecular flexibility index (Phi) is 5.75. The summed E-state index contributed by atoms with van der Waals surface area (Å²) in [6.07, 6.45) is 1.76. The number of hydrogen-bond acceptors (Lipinski definition) is 6. The van der Waals surface area contributed by atoms with Crippen molar-refractivity contribution in [2.75, 3.05) is 32.6 Å². The molecule has 1 aliphatic heterocycles. The van der Waals surface area contributed by atoms with Crippen molar-refractivity contribution in [3.8, 4) is 6.07 Å². The maximum Gasteiger partial charge on any atom is 0.219 e. The minimum atomic E-state index is -3.87. The van der Waals surface area contributed by atoms with Crippen LogP contribution in [0.25, 0.3) is 0 Å². The van der Waals surface area contributed by atoms with Crippen LogP contribution in [0.1, 0.15) is 0 Å². The Balaban J connectivity index is 2.49. The third kappa shape index (κ3) is 3.58. The topological polar surface area (TPSA) is 70.4 Å². The van der Waals surface area contributed by atoms with Crippen LogP contribution in [0.15, 0.2) is 39.1 Å². The highest BCUT2D eigenvalue weighted by molar-refractivity contribution is 8.04. The van der Waals surface area contributed by atoms with E-state index in [4.69, 9.17) is 16.3 Å². The van der Waals surface area contributed by atoms with Crippen molar-refractivity contribution in [2.45, 2.75) is 4.90 Å². The first-order chi connectivity index (χ1) is 10.5. The first kappa shape index (κ1) is 17.2. The number of allylic oxidation sites excluding steroid dienone is 1. The van der Waals surface area contributed by atoms with E-state index in [9.17, 15) is 13.7 Å². The first-order valence-corrected chi connectivity index (χ1v) is 9.61. The summed E-state index contributed by atoms with van der Waals surface area (Å²) < 4.78 is 30.7. The van der Waals surface area contributed by atoms with Crippen molar-refractivity contribution in [2.24, 2.45) is 0 Å². The molecule has 118 valence electrons. The number of benzene rings is 1. The van der Waals surface area contributed by atoms with Crippen molar-refractivity contribution in [1.29, 1.82) is 5.26 Å². The summed E-state index contributed by atoms with van der Waals surface area (Å²) >= 11 is 7.04. The van der Waals surface area contributed by atoms with E-state index in [2.05, 4.69) is 0 Å². The number of thioether (sulfide) groups is 1. The fourth-order valence-corrected chi connectivity index (χ4v) is 4.67. The maximum absolute atomic E-state index is 12.7. The summed E-state index contributed by atoms with van der Waals surface area (Å²) in [6, 6.07) is 7.67. The highest BCUT2D eigenvalue weighted by Crippen LogP contribution is 2.30. The Bertz CT molecular complexity index is 703. The van der Waals surface area contributed by atoms with Gasteiger partial charge in [0.15, 0.2) is 4.91 Å². The molecule has 1 fully saturated rings. The van der Waals surface area contributed by atoms with Crippen LogP contribution in [0.5, 0.6) is 0 Å². The highest BCUT2D eigenvalue weighted by Gasteiger charge is 2.28. The molecule has 1 saturated heterocycles. The highest BCUT2D eigenvalue weighted by atomic mass is 35.5. The number of halogens is 1. The van der Waals surface area contributed by atoms with Crippen LogP contribution < -0.4 is 0 Å². The molecule has 1 aromatic carbocycles. The van der Waals surface area contributed by atoms with E-state index in [1.807, 2.05) is 11.0 Å². The lowest BCUT2D eigenvalue weighted by molar-refractivity contribution is 0.0576. The molecule has 0 aromatic heterocycles. The van der Waals surface area contributed by atoms with Gasteiger partial charge in [-0.3, -0.25) is 0 Å². The maximum atomic E-state index is 12.7. The quantitative estimate of drug-likeness (QED) is 0.770. The molecule has 1 aliphatic rings. The minimum Gasteiger partial charge on any atom is -0.378 e. The monoisotopic (exact) mass is 358 g/mol. The summed E-state index contributed by atoms with van der Waals surface area (Å²) in [5.41, 5.74) is 0. The average Bonchev–Trinajstić information content (AvgIpc) is 2.53. The van der Waals surface area contributed by atoms with Crippen LogP contribution in [-0.4, -0.2) is 45.9 Å². The van der Waals surface area contributed by atoms with Crippen molar-refractivity contribution in [3.05, 3.63) is 39.2 Å². The smallest absolute Gasteiger partial charge is 0.219 e. The lowest BCUT2D eigenvalue weighted by Crippen LogP contribution is -2.35. The molecule has 0 saturated carbocycles. The summed E-state index contributed by atoms with van der Waals surface area (Å²) in [5.74, 6) is 0. The van der Waals surface area contributed by atoms with E-state index >= 15 is 0 Å². The van der Waals surface area contributed by atoms with Crippen LogP contribution in [0.2, 0.25) is 5.02 Å². The van der Waals surface area contributed by atoms with Gasteiger partial charge in [0.1, 0.15) is 11.1 Å². The molecular formula is C14H15ClN2O3S2. The molecule has 8 heteroatoms.